The van der Waals surface area contributed by atoms with Gasteiger partial charge in [-0.15, -0.1) is 0 Å². The van der Waals surface area contributed by atoms with Gasteiger partial charge in [0.05, 0.1) is 6.04 Å². The number of carboxylic acid groups (broad SMARTS) is 1. The summed E-state index contributed by atoms with van der Waals surface area (Å²) in [5.74, 6) is 0.810. The number of hydrogen-bond donors (Lipinski definition) is 1. The minimum absolute atomic E-state index is 0.337. The second kappa shape index (κ2) is 1.96. The van der Waals surface area contributed by atoms with E-state index in [4.69, 9.17) is 5.11 Å². The van der Waals surface area contributed by atoms with Crippen LogP contribution in [0.1, 0.15) is 6.42 Å². The molecule has 4 heteroatoms. The third-order valence-electron chi connectivity index (χ3n) is 2.59. The Morgan fingerprint density at radius 1 is 1.64 bits per heavy atom. The van der Waals surface area contributed by atoms with Crippen molar-refractivity contribution in [1.29, 1.82) is 0 Å². The molecule has 0 aromatic heterocycles. The molecule has 0 spiro atoms. The Hall–Kier alpha value is -1.06. The molecule has 0 unspecified atom stereocenters. The number of fused-ring (bicyclic) bond motifs is 1. The van der Waals surface area contributed by atoms with E-state index in [-0.39, 0.29) is 6.04 Å². The predicted octanol–water partition coefficient (Wildman–Crippen LogP) is 0.184. The third kappa shape index (κ3) is 0.818. The molecule has 2 aliphatic rings. The van der Waals surface area contributed by atoms with Crippen LogP contribution in [-0.2, 0) is 4.79 Å². The summed E-state index contributed by atoms with van der Waals surface area (Å²) < 4.78 is 0. The highest BCUT2D eigenvalue weighted by Crippen LogP contribution is 2.48. The lowest BCUT2D eigenvalue weighted by atomic mass is 10.2. The Bertz CT molecular complexity index is 216. The van der Waals surface area contributed by atoms with E-state index in [1.807, 2.05) is 0 Å². The molecule has 2 rings (SSSR count). The normalized spacial score (nSPS) is 40.0. The molecule has 1 saturated heterocycles. The second-order valence-corrected chi connectivity index (χ2v) is 3.22. The molecule has 1 saturated carbocycles. The van der Waals surface area contributed by atoms with Crippen molar-refractivity contribution in [2.75, 3.05) is 6.54 Å². The van der Waals surface area contributed by atoms with Gasteiger partial charge in [0.25, 0.3) is 0 Å². The van der Waals surface area contributed by atoms with Crippen LogP contribution in [0.3, 0.4) is 0 Å². The van der Waals surface area contributed by atoms with Crippen molar-refractivity contribution >= 4 is 12.4 Å². The Balaban J connectivity index is 2.12. The monoisotopic (exact) mass is 155 g/mol. The van der Waals surface area contributed by atoms with Crippen LogP contribution in [-0.4, -0.2) is 35.0 Å². The lowest BCUT2D eigenvalue weighted by Gasteiger charge is -2.18. The first-order valence-corrected chi connectivity index (χ1v) is 3.69. The molecular formula is C7H9NO3. The van der Waals surface area contributed by atoms with Crippen molar-refractivity contribution in [3.05, 3.63) is 0 Å². The summed E-state index contributed by atoms with van der Waals surface area (Å²) in [5.41, 5.74) is 0. The van der Waals surface area contributed by atoms with Crippen molar-refractivity contribution < 1.29 is 14.7 Å². The maximum Gasteiger partial charge on any atom is 0.407 e. The zero-order valence-electron chi connectivity index (χ0n) is 5.93. The highest BCUT2D eigenvalue weighted by Gasteiger charge is 2.54. The van der Waals surface area contributed by atoms with Crippen LogP contribution in [0, 0.1) is 11.8 Å². The van der Waals surface area contributed by atoms with Gasteiger partial charge < -0.3 is 9.90 Å². The molecule has 0 aromatic rings. The van der Waals surface area contributed by atoms with Gasteiger partial charge in [0.15, 0.2) is 0 Å². The topological polar surface area (TPSA) is 57.6 Å². The Morgan fingerprint density at radius 3 is 2.82 bits per heavy atom. The first kappa shape index (κ1) is 6.64. The summed E-state index contributed by atoms with van der Waals surface area (Å²) >= 11 is 0. The number of amides is 1. The molecule has 1 N–H and O–H groups in total. The molecule has 1 heterocycles. The number of aldehydes is 1. The number of likely N-dealkylation sites (tertiary alicyclic amines) is 1. The molecule has 0 aromatic carbocycles. The maximum atomic E-state index is 10.5. The van der Waals surface area contributed by atoms with Crippen LogP contribution < -0.4 is 0 Å². The van der Waals surface area contributed by atoms with E-state index < -0.39 is 6.09 Å². The van der Waals surface area contributed by atoms with Crippen LogP contribution in [0.4, 0.5) is 4.79 Å². The van der Waals surface area contributed by atoms with Gasteiger partial charge in [-0.3, -0.25) is 4.90 Å². The molecule has 1 aliphatic heterocycles. The predicted molar refractivity (Wildman–Crippen MR) is 36.2 cm³/mol. The molecule has 1 amide bonds. The molecule has 11 heavy (non-hydrogen) atoms. The van der Waals surface area contributed by atoms with Gasteiger partial charge in [-0.2, -0.15) is 0 Å². The number of rotatable bonds is 1. The average molecular weight is 155 g/mol. The second-order valence-electron chi connectivity index (χ2n) is 3.22. The number of nitrogens with zero attached hydrogens (tertiary/aromatic N) is 1. The molecule has 4 nitrogen and oxygen atoms in total. The number of carbonyl (C=O) groups excluding carboxylic acids is 1. The molecule has 3 atom stereocenters. The van der Waals surface area contributed by atoms with Crippen LogP contribution >= 0.6 is 0 Å². The van der Waals surface area contributed by atoms with E-state index in [9.17, 15) is 9.59 Å². The van der Waals surface area contributed by atoms with E-state index >= 15 is 0 Å². The first-order valence-electron chi connectivity index (χ1n) is 3.69. The lowest BCUT2D eigenvalue weighted by Crippen LogP contribution is -2.38. The minimum Gasteiger partial charge on any atom is -0.465 e. The Labute approximate surface area is 63.8 Å². The summed E-state index contributed by atoms with van der Waals surface area (Å²) in [5, 5.41) is 8.62. The quantitative estimate of drug-likeness (QED) is 0.549. The van der Waals surface area contributed by atoms with Crippen molar-refractivity contribution in [1.82, 2.24) is 4.90 Å². The maximum absolute atomic E-state index is 10.5. The van der Waals surface area contributed by atoms with Gasteiger partial charge in [-0.05, 0) is 18.3 Å². The summed E-state index contributed by atoms with van der Waals surface area (Å²) in [6.07, 6.45) is 0.827. The standard InChI is InChI=1S/C7H9NO3/c9-3-6-5-1-4(5)2-8(6)7(10)11/h3-6H,1-2H2,(H,10,11)/t4-,5-,6+/m1/s1. The van der Waals surface area contributed by atoms with E-state index in [2.05, 4.69) is 0 Å². The van der Waals surface area contributed by atoms with Crippen LogP contribution in [0.2, 0.25) is 0 Å². The van der Waals surface area contributed by atoms with E-state index in [0.29, 0.717) is 18.4 Å². The van der Waals surface area contributed by atoms with E-state index in [1.54, 1.807) is 0 Å². The van der Waals surface area contributed by atoms with Gasteiger partial charge in [0, 0.05) is 6.54 Å². The van der Waals surface area contributed by atoms with Crippen molar-refractivity contribution in [2.45, 2.75) is 12.5 Å². The lowest BCUT2D eigenvalue weighted by molar-refractivity contribution is -0.111. The summed E-state index contributed by atoms with van der Waals surface area (Å²) in [4.78, 5) is 22.2. The third-order valence-corrected chi connectivity index (χ3v) is 2.59. The number of hydrogen-bond acceptors (Lipinski definition) is 2. The molecule has 2 fully saturated rings. The molecule has 0 bridgehead atoms. The van der Waals surface area contributed by atoms with Crippen molar-refractivity contribution in [3.8, 4) is 0 Å². The Morgan fingerprint density at radius 2 is 2.36 bits per heavy atom. The highest BCUT2D eigenvalue weighted by atomic mass is 16.4. The van der Waals surface area contributed by atoms with Crippen molar-refractivity contribution in [3.63, 3.8) is 0 Å². The van der Waals surface area contributed by atoms with Gasteiger partial charge >= 0.3 is 6.09 Å². The fourth-order valence-corrected chi connectivity index (χ4v) is 1.88. The summed E-state index contributed by atoms with van der Waals surface area (Å²) in [7, 11) is 0. The van der Waals surface area contributed by atoms with Gasteiger partial charge in [0.2, 0.25) is 0 Å². The van der Waals surface area contributed by atoms with Crippen molar-refractivity contribution in [2.24, 2.45) is 11.8 Å². The summed E-state index contributed by atoms with van der Waals surface area (Å²) in [6.45, 7) is 0.559. The largest absolute Gasteiger partial charge is 0.465 e. The van der Waals surface area contributed by atoms with Crippen LogP contribution in [0.5, 0.6) is 0 Å². The zero-order chi connectivity index (χ0) is 8.01. The summed E-state index contributed by atoms with van der Waals surface area (Å²) in [6, 6.07) is -0.350. The molecule has 1 aliphatic carbocycles. The van der Waals surface area contributed by atoms with Gasteiger partial charge in [-0.25, -0.2) is 4.79 Å². The first-order chi connectivity index (χ1) is 5.24. The number of carbonyl (C=O) groups is 2. The fourth-order valence-electron chi connectivity index (χ4n) is 1.88. The highest BCUT2D eigenvalue weighted by molar-refractivity contribution is 5.73. The van der Waals surface area contributed by atoms with Gasteiger partial charge in [-0.1, -0.05) is 0 Å². The SMILES string of the molecule is O=C[C@H]1[C@@H]2C[C@@H]2CN1C(=O)O. The molecular weight excluding hydrogens is 146 g/mol. The smallest absolute Gasteiger partial charge is 0.407 e. The molecule has 60 valence electrons. The van der Waals surface area contributed by atoms with E-state index in [0.717, 1.165) is 12.7 Å². The van der Waals surface area contributed by atoms with Gasteiger partial charge in [0.1, 0.15) is 6.29 Å². The number of piperidine rings is 1. The zero-order valence-corrected chi connectivity index (χ0v) is 5.93. The van der Waals surface area contributed by atoms with Crippen LogP contribution in [0.15, 0.2) is 0 Å². The average Bonchev–Trinajstić information content (AvgIpc) is 2.63. The van der Waals surface area contributed by atoms with Crippen LogP contribution in [0.25, 0.3) is 0 Å². The minimum atomic E-state index is -0.964. The Kier molecular flexibility index (Phi) is 1.19. The van der Waals surface area contributed by atoms with E-state index in [1.165, 1.54) is 4.90 Å². The fraction of sp³-hybridized carbons (Fsp3) is 0.714. The molecule has 0 radical (unpaired) electrons.